The highest BCUT2D eigenvalue weighted by Gasteiger charge is 2.09. The molecule has 1 aliphatic rings. The Labute approximate surface area is 47.4 Å². The van der Waals surface area contributed by atoms with Crippen LogP contribution in [0.5, 0.6) is 0 Å². The van der Waals surface area contributed by atoms with Crippen LogP contribution in [-0.2, 0) is 9.53 Å². The van der Waals surface area contributed by atoms with Crippen LogP contribution in [0.1, 0.15) is 6.92 Å². The van der Waals surface area contributed by atoms with Crippen LogP contribution in [0.3, 0.4) is 0 Å². The second kappa shape index (κ2) is 1.94. The van der Waals surface area contributed by atoms with Gasteiger partial charge in [0, 0.05) is 0 Å². The fourth-order valence-corrected chi connectivity index (χ4v) is 0.542. The number of carbonyl (C=O) groups excluding carboxylic acids is 1. The summed E-state index contributed by atoms with van der Waals surface area (Å²) in [5.41, 5.74) is 0. The molecule has 0 aromatic carbocycles. The Hall–Kier alpha value is -0.860. The molecule has 3 nitrogen and oxygen atoms in total. The number of rotatable bonds is 0. The van der Waals surface area contributed by atoms with Crippen molar-refractivity contribution in [1.82, 2.24) is 0 Å². The van der Waals surface area contributed by atoms with Crippen LogP contribution >= 0.6 is 0 Å². The van der Waals surface area contributed by atoms with Gasteiger partial charge in [0.25, 0.3) is 0 Å². The van der Waals surface area contributed by atoms with Crippen LogP contribution in [-0.4, -0.2) is 24.8 Å². The lowest BCUT2D eigenvalue weighted by Crippen LogP contribution is -2.23. The molecule has 1 heterocycles. The van der Waals surface area contributed by atoms with Gasteiger partial charge in [-0.3, -0.25) is 4.99 Å². The minimum absolute atomic E-state index is 0.0347. The van der Waals surface area contributed by atoms with E-state index in [2.05, 4.69) is 4.99 Å². The molecule has 0 aromatic heterocycles. The monoisotopic (exact) mass is 113 g/mol. The average molecular weight is 113 g/mol. The second-order valence-electron chi connectivity index (χ2n) is 1.74. The number of aliphatic imine (C=N–C) groups is 1. The summed E-state index contributed by atoms with van der Waals surface area (Å²) < 4.78 is 4.70. The van der Waals surface area contributed by atoms with E-state index in [1.165, 1.54) is 6.21 Å². The number of ether oxygens (including phenoxy) is 1. The van der Waals surface area contributed by atoms with E-state index in [-0.39, 0.29) is 12.1 Å². The molecule has 1 atom stereocenters. The van der Waals surface area contributed by atoms with Gasteiger partial charge < -0.3 is 4.74 Å². The molecule has 0 N–H and O–H groups in total. The highest BCUT2D eigenvalue weighted by Crippen LogP contribution is 1.95. The summed E-state index contributed by atoms with van der Waals surface area (Å²) >= 11 is 0. The van der Waals surface area contributed by atoms with Gasteiger partial charge in [0.05, 0.1) is 6.54 Å². The van der Waals surface area contributed by atoms with Crippen molar-refractivity contribution in [3.05, 3.63) is 0 Å². The topological polar surface area (TPSA) is 38.7 Å². The highest BCUT2D eigenvalue weighted by atomic mass is 16.5. The number of cyclic esters (lactones) is 1. The first-order chi connectivity index (χ1) is 3.79. The summed E-state index contributed by atoms with van der Waals surface area (Å²) in [6.45, 7) is 2.42. The Morgan fingerprint density at radius 1 is 2.00 bits per heavy atom. The SMILES string of the molecule is CC1CN=CC(=O)O1. The van der Waals surface area contributed by atoms with Gasteiger partial charge in [-0.1, -0.05) is 0 Å². The van der Waals surface area contributed by atoms with Crippen LogP contribution in [0.25, 0.3) is 0 Å². The van der Waals surface area contributed by atoms with Crippen LogP contribution in [0.4, 0.5) is 0 Å². The first kappa shape index (κ1) is 5.28. The fourth-order valence-electron chi connectivity index (χ4n) is 0.542. The minimum atomic E-state index is -0.330. The van der Waals surface area contributed by atoms with Gasteiger partial charge in [-0.15, -0.1) is 0 Å². The van der Waals surface area contributed by atoms with E-state index in [0.29, 0.717) is 6.54 Å². The lowest BCUT2D eigenvalue weighted by atomic mass is 10.4. The quantitative estimate of drug-likeness (QED) is 0.415. The van der Waals surface area contributed by atoms with Crippen molar-refractivity contribution >= 4 is 12.2 Å². The Morgan fingerprint density at radius 3 is 3.12 bits per heavy atom. The maximum atomic E-state index is 10.3. The van der Waals surface area contributed by atoms with Gasteiger partial charge >= 0.3 is 5.97 Å². The van der Waals surface area contributed by atoms with Crippen LogP contribution in [0.15, 0.2) is 4.99 Å². The Balaban J connectivity index is 2.54. The molecule has 3 heteroatoms. The summed E-state index contributed by atoms with van der Waals surface area (Å²) in [6, 6.07) is 0. The first-order valence-corrected chi connectivity index (χ1v) is 2.49. The van der Waals surface area contributed by atoms with Gasteiger partial charge in [0.2, 0.25) is 0 Å². The van der Waals surface area contributed by atoms with E-state index in [4.69, 9.17) is 4.74 Å². The molecular weight excluding hydrogens is 106 g/mol. The van der Waals surface area contributed by atoms with Gasteiger partial charge in [-0.25, -0.2) is 4.79 Å². The Morgan fingerprint density at radius 2 is 2.75 bits per heavy atom. The van der Waals surface area contributed by atoms with E-state index < -0.39 is 0 Å². The minimum Gasteiger partial charge on any atom is -0.456 e. The smallest absolute Gasteiger partial charge is 0.349 e. The number of carbonyl (C=O) groups is 1. The van der Waals surface area contributed by atoms with Crippen molar-refractivity contribution in [3.8, 4) is 0 Å². The van der Waals surface area contributed by atoms with Crippen LogP contribution in [0, 0.1) is 0 Å². The molecule has 0 bridgehead atoms. The lowest BCUT2D eigenvalue weighted by Gasteiger charge is -2.11. The molecule has 0 saturated carbocycles. The van der Waals surface area contributed by atoms with Crippen LogP contribution < -0.4 is 0 Å². The molecule has 0 saturated heterocycles. The van der Waals surface area contributed by atoms with Gasteiger partial charge in [-0.05, 0) is 6.92 Å². The lowest BCUT2D eigenvalue weighted by molar-refractivity contribution is -0.139. The van der Waals surface area contributed by atoms with E-state index in [9.17, 15) is 4.79 Å². The van der Waals surface area contributed by atoms with Crippen molar-refractivity contribution in [2.45, 2.75) is 13.0 Å². The van der Waals surface area contributed by atoms with Gasteiger partial charge in [0.1, 0.15) is 12.3 Å². The predicted molar refractivity (Wildman–Crippen MR) is 28.9 cm³/mol. The third-order valence-corrected chi connectivity index (χ3v) is 0.877. The van der Waals surface area contributed by atoms with E-state index in [1.54, 1.807) is 0 Å². The maximum Gasteiger partial charge on any atom is 0.349 e. The zero-order valence-electron chi connectivity index (χ0n) is 4.63. The van der Waals surface area contributed by atoms with Crippen molar-refractivity contribution in [2.24, 2.45) is 4.99 Å². The number of hydrogen-bond donors (Lipinski definition) is 0. The van der Waals surface area contributed by atoms with Gasteiger partial charge in [0.15, 0.2) is 0 Å². The average Bonchev–Trinajstić information content (AvgIpc) is 1.64. The molecule has 8 heavy (non-hydrogen) atoms. The van der Waals surface area contributed by atoms with E-state index in [1.807, 2.05) is 6.92 Å². The van der Waals surface area contributed by atoms with Crippen molar-refractivity contribution in [2.75, 3.05) is 6.54 Å². The third kappa shape index (κ3) is 1.05. The third-order valence-electron chi connectivity index (χ3n) is 0.877. The van der Waals surface area contributed by atoms with E-state index in [0.717, 1.165) is 0 Å². The molecule has 0 spiro atoms. The largest absolute Gasteiger partial charge is 0.456 e. The molecular formula is C5H7NO2. The number of nitrogens with zero attached hydrogens (tertiary/aromatic N) is 1. The number of hydrogen-bond acceptors (Lipinski definition) is 3. The summed E-state index contributed by atoms with van der Waals surface area (Å²) in [5.74, 6) is -0.330. The number of esters is 1. The highest BCUT2D eigenvalue weighted by molar-refractivity contribution is 6.23. The molecule has 1 unspecified atom stereocenters. The first-order valence-electron chi connectivity index (χ1n) is 2.49. The molecule has 0 aliphatic carbocycles. The maximum absolute atomic E-state index is 10.3. The normalized spacial score (nSPS) is 27.6. The molecule has 0 fully saturated rings. The van der Waals surface area contributed by atoms with Crippen molar-refractivity contribution in [1.29, 1.82) is 0 Å². The molecule has 1 aliphatic heterocycles. The van der Waals surface area contributed by atoms with E-state index >= 15 is 0 Å². The molecule has 1 rings (SSSR count). The summed E-state index contributed by atoms with van der Waals surface area (Å²) in [6.07, 6.45) is 1.17. The molecule has 0 radical (unpaired) electrons. The summed E-state index contributed by atoms with van der Waals surface area (Å²) in [5, 5.41) is 0. The Bertz CT molecular complexity index is 130. The Kier molecular flexibility index (Phi) is 1.28. The standard InChI is InChI=1S/C5H7NO2/c1-4-2-6-3-5(7)8-4/h3-4H,2H2,1H3. The fraction of sp³-hybridized carbons (Fsp3) is 0.600. The van der Waals surface area contributed by atoms with Crippen molar-refractivity contribution < 1.29 is 9.53 Å². The molecule has 0 amide bonds. The summed E-state index contributed by atoms with van der Waals surface area (Å²) in [7, 11) is 0. The predicted octanol–water partition coefficient (Wildman–Crippen LogP) is 0.00250. The molecule has 0 aromatic rings. The second-order valence-corrected chi connectivity index (χ2v) is 1.74. The molecule has 44 valence electrons. The van der Waals surface area contributed by atoms with Gasteiger partial charge in [-0.2, -0.15) is 0 Å². The summed E-state index contributed by atoms with van der Waals surface area (Å²) in [4.78, 5) is 14.0. The van der Waals surface area contributed by atoms with Crippen LogP contribution in [0.2, 0.25) is 0 Å². The van der Waals surface area contributed by atoms with Crippen molar-refractivity contribution in [3.63, 3.8) is 0 Å². The zero-order valence-corrected chi connectivity index (χ0v) is 4.63. The zero-order chi connectivity index (χ0) is 5.98.